The smallest absolute Gasteiger partial charge is 0.319 e. The van der Waals surface area contributed by atoms with Crippen molar-refractivity contribution in [2.45, 2.75) is 17.3 Å². The third-order valence-electron chi connectivity index (χ3n) is 3.21. The molecule has 2 N–H and O–H groups in total. The number of amides is 2. The van der Waals surface area contributed by atoms with Crippen LogP contribution in [0.5, 0.6) is 0 Å². The van der Waals surface area contributed by atoms with Gasteiger partial charge in [0, 0.05) is 22.5 Å². The van der Waals surface area contributed by atoms with E-state index in [1.54, 1.807) is 29.3 Å². The fraction of sp³-hybridized carbons (Fsp3) is 0.111. The summed E-state index contributed by atoms with van der Waals surface area (Å²) in [6, 6.07) is 17.5. The summed E-state index contributed by atoms with van der Waals surface area (Å²) in [4.78, 5) is 17.4. The van der Waals surface area contributed by atoms with Crippen LogP contribution in [-0.2, 0) is 12.3 Å². The Kier molecular flexibility index (Phi) is 5.87. The Labute approximate surface area is 149 Å². The van der Waals surface area contributed by atoms with Gasteiger partial charge in [-0.3, -0.25) is 0 Å². The monoisotopic (exact) mass is 355 g/mol. The lowest BCUT2D eigenvalue weighted by Gasteiger charge is -2.08. The van der Waals surface area contributed by atoms with E-state index in [2.05, 4.69) is 15.6 Å². The summed E-state index contributed by atoms with van der Waals surface area (Å²) in [5.74, 6) is 0.809. The molecule has 24 heavy (non-hydrogen) atoms. The number of rotatable bonds is 6. The number of benzene rings is 1. The van der Waals surface area contributed by atoms with Crippen LogP contribution in [0.4, 0.5) is 10.5 Å². The number of carbonyl (C=O) groups is 1. The Morgan fingerprint density at radius 2 is 2.08 bits per heavy atom. The molecule has 6 heteroatoms. The van der Waals surface area contributed by atoms with Crippen molar-refractivity contribution in [3.8, 4) is 0 Å². The number of pyridine rings is 1. The molecule has 2 amide bonds. The number of urea groups is 1. The summed E-state index contributed by atoms with van der Waals surface area (Å²) < 4.78 is 0. The molecule has 0 bridgehead atoms. The number of hydrogen-bond donors (Lipinski definition) is 2. The molecule has 0 aliphatic rings. The number of thioether (sulfide) groups is 1. The Morgan fingerprint density at radius 3 is 2.88 bits per heavy atom. The highest BCUT2D eigenvalue weighted by Crippen LogP contribution is 2.22. The van der Waals surface area contributed by atoms with Crippen molar-refractivity contribution in [1.82, 2.24) is 10.3 Å². The summed E-state index contributed by atoms with van der Waals surface area (Å²) in [5.41, 5.74) is 1.93. The summed E-state index contributed by atoms with van der Waals surface area (Å²) in [6.45, 7) is 0.540. The second-order valence-corrected chi connectivity index (χ2v) is 7.07. The van der Waals surface area contributed by atoms with Crippen molar-refractivity contribution in [3.63, 3.8) is 0 Å². The van der Waals surface area contributed by atoms with Crippen molar-refractivity contribution in [3.05, 3.63) is 76.6 Å². The average molecular weight is 355 g/mol. The van der Waals surface area contributed by atoms with Gasteiger partial charge in [0.1, 0.15) is 0 Å². The first-order chi connectivity index (χ1) is 11.8. The van der Waals surface area contributed by atoms with Crippen LogP contribution in [0.3, 0.4) is 0 Å². The molecule has 0 saturated carbocycles. The van der Waals surface area contributed by atoms with Crippen LogP contribution in [0.1, 0.15) is 10.4 Å². The molecular weight excluding hydrogens is 338 g/mol. The molecule has 0 unspecified atom stereocenters. The largest absolute Gasteiger partial charge is 0.333 e. The average Bonchev–Trinajstić information content (AvgIpc) is 3.13. The second-order valence-electron chi connectivity index (χ2n) is 5.04. The van der Waals surface area contributed by atoms with Crippen molar-refractivity contribution < 1.29 is 4.79 Å². The van der Waals surface area contributed by atoms with Crippen LogP contribution in [0, 0.1) is 0 Å². The van der Waals surface area contributed by atoms with Gasteiger partial charge in [0.2, 0.25) is 0 Å². The molecule has 0 aliphatic carbocycles. The highest BCUT2D eigenvalue weighted by molar-refractivity contribution is 7.98. The molecule has 2 heterocycles. The number of carbonyl (C=O) groups excluding carboxylic acids is 1. The summed E-state index contributed by atoms with van der Waals surface area (Å²) in [7, 11) is 0. The van der Waals surface area contributed by atoms with Gasteiger partial charge in [-0.2, -0.15) is 0 Å². The Morgan fingerprint density at radius 1 is 1.12 bits per heavy atom. The Hall–Kier alpha value is -2.31. The highest BCUT2D eigenvalue weighted by Gasteiger charge is 2.04. The number of anilines is 1. The zero-order chi connectivity index (χ0) is 16.6. The molecule has 1 aromatic carbocycles. The SMILES string of the molecule is O=C(NCc1cccs1)Nc1cccc(CSc2ccccn2)c1. The zero-order valence-electron chi connectivity index (χ0n) is 12.9. The fourth-order valence-electron chi connectivity index (χ4n) is 2.08. The van der Waals surface area contributed by atoms with Crippen LogP contribution < -0.4 is 10.6 Å². The van der Waals surface area contributed by atoms with E-state index < -0.39 is 0 Å². The molecule has 3 aromatic rings. The maximum absolute atomic E-state index is 12.0. The fourth-order valence-corrected chi connectivity index (χ4v) is 3.53. The normalized spacial score (nSPS) is 10.3. The summed E-state index contributed by atoms with van der Waals surface area (Å²) in [5, 5.41) is 8.72. The van der Waals surface area contributed by atoms with Crippen molar-refractivity contribution in [2.24, 2.45) is 0 Å². The molecule has 0 saturated heterocycles. The highest BCUT2D eigenvalue weighted by atomic mass is 32.2. The summed E-state index contributed by atoms with van der Waals surface area (Å²) in [6.07, 6.45) is 1.79. The van der Waals surface area contributed by atoms with Crippen LogP contribution in [-0.4, -0.2) is 11.0 Å². The van der Waals surface area contributed by atoms with E-state index in [1.165, 1.54) is 0 Å². The van der Waals surface area contributed by atoms with Crippen LogP contribution in [0.25, 0.3) is 0 Å². The maximum Gasteiger partial charge on any atom is 0.319 e. The van der Waals surface area contributed by atoms with E-state index in [4.69, 9.17) is 0 Å². The number of thiophene rings is 1. The van der Waals surface area contributed by atoms with E-state index in [1.807, 2.05) is 60.0 Å². The summed E-state index contributed by atoms with van der Waals surface area (Å²) >= 11 is 3.30. The van der Waals surface area contributed by atoms with Crippen LogP contribution in [0.15, 0.2) is 71.2 Å². The molecule has 0 fully saturated rings. The predicted molar refractivity (Wildman–Crippen MR) is 100 cm³/mol. The molecule has 0 spiro atoms. The van der Waals surface area contributed by atoms with E-state index in [0.29, 0.717) is 6.54 Å². The second kappa shape index (κ2) is 8.52. The maximum atomic E-state index is 12.0. The van der Waals surface area contributed by atoms with E-state index >= 15 is 0 Å². The van der Waals surface area contributed by atoms with Crippen LogP contribution in [0.2, 0.25) is 0 Å². The third-order valence-corrected chi connectivity index (χ3v) is 5.10. The molecule has 122 valence electrons. The number of hydrogen-bond acceptors (Lipinski definition) is 4. The predicted octanol–water partition coefficient (Wildman–Crippen LogP) is 4.76. The minimum absolute atomic E-state index is 0.196. The number of nitrogens with zero attached hydrogens (tertiary/aromatic N) is 1. The molecule has 0 atom stereocenters. The number of nitrogens with one attached hydrogen (secondary N) is 2. The van der Waals surface area contributed by atoms with Gasteiger partial charge in [0.05, 0.1) is 11.6 Å². The molecule has 0 radical (unpaired) electrons. The Bertz CT molecular complexity index is 776. The van der Waals surface area contributed by atoms with Gasteiger partial charge in [-0.05, 0) is 41.3 Å². The molecule has 0 aliphatic heterocycles. The number of aromatic nitrogens is 1. The van der Waals surface area contributed by atoms with Gasteiger partial charge in [-0.25, -0.2) is 9.78 Å². The molecule has 4 nitrogen and oxygen atoms in total. The third kappa shape index (κ3) is 5.11. The first-order valence-electron chi connectivity index (χ1n) is 7.49. The lowest BCUT2D eigenvalue weighted by molar-refractivity contribution is 0.252. The van der Waals surface area contributed by atoms with Crippen molar-refractivity contribution >= 4 is 34.8 Å². The molecule has 3 rings (SSSR count). The van der Waals surface area contributed by atoms with Gasteiger partial charge >= 0.3 is 6.03 Å². The minimum atomic E-state index is -0.196. The van der Waals surface area contributed by atoms with Gasteiger partial charge in [0.15, 0.2) is 0 Å². The van der Waals surface area contributed by atoms with Gasteiger partial charge in [0.25, 0.3) is 0 Å². The minimum Gasteiger partial charge on any atom is -0.333 e. The molecule has 2 aromatic heterocycles. The van der Waals surface area contributed by atoms with Crippen LogP contribution >= 0.6 is 23.1 Å². The Balaban J connectivity index is 1.51. The van der Waals surface area contributed by atoms with E-state index in [-0.39, 0.29) is 6.03 Å². The van der Waals surface area contributed by atoms with E-state index in [0.717, 1.165) is 26.9 Å². The van der Waals surface area contributed by atoms with Gasteiger partial charge < -0.3 is 10.6 Å². The lowest BCUT2D eigenvalue weighted by Crippen LogP contribution is -2.27. The van der Waals surface area contributed by atoms with E-state index in [9.17, 15) is 4.79 Å². The first-order valence-corrected chi connectivity index (χ1v) is 9.36. The van der Waals surface area contributed by atoms with Gasteiger partial charge in [-0.15, -0.1) is 23.1 Å². The molecular formula is C18H17N3OS2. The lowest BCUT2D eigenvalue weighted by atomic mass is 10.2. The zero-order valence-corrected chi connectivity index (χ0v) is 14.6. The standard InChI is InChI=1S/C18H17N3OS2/c22-18(20-12-16-7-4-10-23-16)21-15-6-3-5-14(11-15)13-24-17-8-1-2-9-19-17/h1-11H,12-13H2,(H2,20,21,22). The van der Waals surface area contributed by atoms with Gasteiger partial charge in [-0.1, -0.05) is 24.3 Å². The van der Waals surface area contributed by atoms with Crippen molar-refractivity contribution in [2.75, 3.05) is 5.32 Å². The first kappa shape index (κ1) is 16.5. The quantitative estimate of drug-likeness (QED) is 0.627. The van der Waals surface area contributed by atoms with Crippen molar-refractivity contribution in [1.29, 1.82) is 0 Å². The topological polar surface area (TPSA) is 54.0 Å².